The molecule has 0 aromatic carbocycles. The van der Waals surface area contributed by atoms with E-state index in [1.54, 1.807) is 0 Å². The molecule has 0 unspecified atom stereocenters. The van der Waals surface area contributed by atoms with Gasteiger partial charge in [0, 0.05) is 6.54 Å². The van der Waals surface area contributed by atoms with Crippen LogP contribution in [0.5, 0.6) is 0 Å². The Morgan fingerprint density at radius 1 is 1.12 bits per heavy atom. The lowest BCUT2D eigenvalue weighted by Gasteiger charge is -2.04. The van der Waals surface area contributed by atoms with Crippen molar-refractivity contribution in [2.45, 2.75) is 20.8 Å². The third kappa shape index (κ3) is 2.99. The zero-order valence-electron chi connectivity index (χ0n) is 6.07. The molecule has 2 heteroatoms. The van der Waals surface area contributed by atoms with Crippen molar-refractivity contribution in [2.75, 3.05) is 19.6 Å². The van der Waals surface area contributed by atoms with E-state index in [0.717, 1.165) is 19.6 Å². The quantitative estimate of drug-likeness (QED) is 0.422. The molecule has 0 aliphatic heterocycles. The van der Waals surface area contributed by atoms with E-state index in [0.29, 0.717) is 0 Å². The summed E-state index contributed by atoms with van der Waals surface area (Å²) in [6, 6.07) is 0. The van der Waals surface area contributed by atoms with E-state index >= 15 is 0 Å². The molecule has 0 saturated heterocycles. The molecule has 0 rings (SSSR count). The van der Waals surface area contributed by atoms with Crippen LogP contribution in [0.2, 0.25) is 0 Å². The fraction of sp³-hybridized carbons (Fsp3) is 1.00. The highest BCUT2D eigenvalue weighted by Crippen LogP contribution is 1.71. The van der Waals surface area contributed by atoms with E-state index in [-0.39, 0.29) is 0 Å². The van der Waals surface area contributed by atoms with Gasteiger partial charge in [0.05, 0.1) is 0 Å². The van der Waals surface area contributed by atoms with Crippen LogP contribution in [-0.4, -0.2) is 19.6 Å². The normalized spacial score (nSPS) is 10.5. The van der Waals surface area contributed by atoms with Gasteiger partial charge in [-0.25, -0.2) is 0 Å². The Balaban J connectivity index is 3.07. The first kappa shape index (κ1) is 7.92. The predicted octanol–water partition coefficient (Wildman–Crippen LogP) is 0.691. The van der Waals surface area contributed by atoms with E-state index in [4.69, 9.17) is 0 Å². The van der Waals surface area contributed by atoms with Crippen LogP contribution in [0.25, 0.3) is 0 Å². The fourth-order valence-electron chi connectivity index (χ4n) is 0.671. The second-order valence-corrected chi connectivity index (χ2v) is 1.68. The van der Waals surface area contributed by atoms with Crippen molar-refractivity contribution < 1.29 is 0 Å². The van der Waals surface area contributed by atoms with E-state index in [2.05, 4.69) is 31.2 Å². The van der Waals surface area contributed by atoms with Crippen LogP contribution in [0, 0.1) is 0 Å². The summed E-state index contributed by atoms with van der Waals surface area (Å²) < 4.78 is 0. The minimum atomic E-state index is 1.03. The molecule has 0 aromatic rings. The number of hydrogen-bond acceptors (Lipinski definition) is 2. The van der Waals surface area contributed by atoms with Crippen LogP contribution < -0.4 is 10.4 Å². The second-order valence-electron chi connectivity index (χ2n) is 1.68. The van der Waals surface area contributed by atoms with Gasteiger partial charge in [-0.15, -0.1) is 5.43 Å². The Hall–Kier alpha value is -0.0800. The summed E-state index contributed by atoms with van der Waals surface area (Å²) in [4.78, 5) is 0. The molecule has 2 nitrogen and oxygen atoms in total. The number of nitrogens with one attached hydrogen (secondary N) is 1. The molecule has 0 atom stereocenters. The lowest BCUT2D eigenvalue weighted by atomic mass is 10.6. The van der Waals surface area contributed by atoms with Gasteiger partial charge in [-0.2, -0.15) is 0 Å². The van der Waals surface area contributed by atoms with Crippen LogP contribution in [0.3, 0.4) is 0 Å². The molecule has 0 amide bonds. The highest BCUT2D eigenvalue weighted by Gasteiger charge is 2.03. The fourth-order valence-corrected chi connectivity index (χ4v) is 0.671. The molecule has 49 valence electrons. The maximum absolute atomic E-state index is 3.22. The zero-order valence-corrected chi connectivity index (χ0v) is 6.07. The van der Waals surface area contributed by atoms with Crippen molar-refractivity contribution in [3.8, 4) is 0 Å². The molecule has 0 aliphatic rings. The van der Waals surface area contributed by atoms with Crippen LogP contribution in [0.1, 0.15) is 20.8 Å². The van der Waals surface area contributed by atoms with Crippen LogP contribution in [0.15, 0.2) is 0 Å². The third-order valence-corrected chi connectivity index (χ3v) is 1.15. The van der Waals surface area contributed by atoms with E-state index < -0.39 is 0 Å². The van der Waals surface area contributed by atoms with Crippen molar-refractivity contribution >= 4 is 0 Å². The summed E-state index contributed by atoms with van der Waals surface area (Å²) in [6.07, 6.45) is 0. The van der Waals surface area contributed by atoms with Crippen LogP contribution in [-0.2, 0) is 0 Å². The number of nitrogens with zero attached hydrogens (tertiary/aromatic N) is 1. The molecule has 8 heavy (non-hydrogen) atoms. The van der Waals surface area contributed by atoms with Gasteiger partial charge >= 0.3 is 0 Å². The Morgan fingerprint density at radius 2 is 1.62 bits per heavy atom. The Bertz CT molecular complexity index is 41.8. The Morgan fingerprint density at radius 3 is 1.75 bits per heavy atom. The standard InChI is InChI=1S/C6H16N2/c1-4-7-8(5-2)6-3/h7H,4-6H2,1-3H3/q+1. The van der Waals surface area contributed by atoms with Gasteiger partial charge in [0.25, 0.3) is 0 Å². The SMILES string of the molecule is CCN[N+](CC)CC. The molecule has 0 fully saturated rings. The van der Waals surface area contributed by atoms with Gasteiger partial charge in [-0.3, -0.25) is 0 Å². The molecule has 0 aliphatic carbocycles. The predicted molar refractivity (Wildman–Crippen MR) is 36.9 cm³/mol. The topological polar surface area (TPSA) is 17.9 Å². The molecule has 0 aromatic heterocycles. The van der Waals surface area contributed by atoms with E-state index in [1.165, 1.54) is 0 Å². The number of hydrogen-bond donors (Lipinski definition) is 1. The minimum Gasteiger partial charge on any atom is -0.119 e. The smallest absolute Gasteiger partial charge is 0.119 e. The van der Waals surface area contributed by atoms with Crippen molar-refractivity contribution in [2.24, 2.45) is 0 Å². The average Bonchev–Trinajstić information content (AvgIpc) is 1.83. The largest absolute Gasteiger partial charge is 0.141 e. The zero-order chi connectivity index (χ0) is 6.41. The summed E-state index contributed by atoms with van der Waals surface area (Å²) in [6.45, 7) is 9.60. The van der Waals surface area contributed by atoms with Gasteiger partial charge in [0.2, 0.25) is 0 Å². The molecule has 1 radical (unpaired) electrons. The lowest BCUT2D eigenvalue weighted by Crippen LogP contribution is -2.42. The maximum atomic E-state index is 3.22. The Labute approximate surface area is 51.8 Å². The number of rotatable bonds is 4. The number of hydrazine groups is 1. The van der Waals surface area contributed by atoms with E-state index in [9.17, 15) is 0 Å². The van der Waals surface area contributed by atoms with Crippen molar-refractivity contribution in [3.05, 3.63) is 0 Å². The molecule has 0 bridgehead atoms. The molecule has 0 heterocycles. The van der Waals surface area contributed by atoms with Gasteiger partial charge < -0.3 is 0 Å². The highest BCUT2D eigenvalue weighted by molar-refractivity contribution is 4.47. The van der Waals surface area contributed by atoms with Crippen LogP contribution >= 0.6 is 0 Å². The highest BCUT2D eigenvalue weighted by atomic mass is 15.5. The Kier molecular flexibility index (Phi) is 5.01. The first-order valence-corrected chi connectivity index (χ1v) is 3.33. The van der Waals surface area contributed by atoms with Crippen molar-refractivity contribution in [1.29, 1.82) is 0 Å². The van der Waals surface area contributed by atoms with Crippen LogP contribution in [0.4, 0.5) is 0 Å². The molecule has 0 spiro atoms. The summed E-state index contributed by atoms with van der Waals surface area (Å²) in [7, 11) is 0. The molecule has 1 N–H and O–H groups in total. The minimum absolute atomic E-state index is 1.03. The third-order valence-electron chi connectivity index (χ3n) is 1.15. The summed E-state index contributed by atoms with van der Waals surface area (Å²) in [5.74, 6) is 0. The van der Waals surface area contributed by atoms with Gasteiger partial charge in [-0.1, -0.05) is 5.01 Å². The monoisotopic (exact) mass is 116 g/mol. The van der Waals surface area contributed by atoms with Crippen molar-refractivity contribution in [1.82, 2.24) is 10.4 Å². The molecular weight excluding hydrogens is 100 g/mol. The van der Waals surface area contributed by atoms with E-state index in [1.807, 2.05) is 0 Å². The average molecular weight is 116 g/mol. The lowest BCUT2D eigenvalue weighted by molar-refractivity contribution is 0.346. The summed E-state index contributed by atoms with van der Waals surface area (Å²) >= 11 is 0. The maximum Gasteiger partial charge on any atom is 0.141 e. The summed E-state index contributed by atoms with van der Waals surface area (Å²) in [5, 5.41) is 2.18. The van der Waals surface area contributed by atoms with Gasteiger partial charge in [-0.05, 0) is 20.8 Å². The second kappa shape index (κ2) is 5.06. The van der Waals surface area contributed by atoms with Gasteiger partial charge in [0.1, 0.15) is 13.1 Å². The summed E-state index contributed by atoms with van der Waals surface area (Å²) in [5.41, 5.74) is 3.22. The first-order chi connectivity index (χ1) is 3.85. The first-order valence-electron chi connectivity index (χ1n) is 3.33. The molecule has 0 saturated carbocycles. The molecular formula is C6H16N2+. The van der Waals surface area contributed by atoms with Crippen molar-refractivity contribution in [3.63, 3.8) is 0 Å². The van der Waals surface area contributed by atoms with Gasteiger partial charge in [0.15, 0.2) is 0 Å².